The predicted molar refractivity (Wildman–Crippen MR) is 483 cm³/mol. The SMILES string of the molecule is C=C1C=CC(C(C)CCC=C(C)C)CC1.CC(C)=CC/C=C(\C)C1CC=C(C)CC1.CC(C)=CCC/C(C)=C1/CC=C(C)CC1.CC(C)=CCCC(C)(O)c1ccc(C)cc1.CC(C)=CCCC(C)C1C=CC(C)C=C1.CC(C)=CCC[C@H](C)[C@@H]1C=CC(C)=CC1.CC(C)CCCC(C)C1CCC(C)CC1. The van der Waals surface area contributed by atoms with E-state index < -0.39 is 5.60 Å². The van der Waals surface area contributed by atoms with Crippen LogP contribution in [-0.4, -0.2) is 5.11 Å². The van der Waals surface area contributed by atoms with Crippen LogP contribution in [0.15, 0.2) is 213 Å². The topological polar surface area (TPSA) is 20.2 Å². The number of hydrogen-bond donors (Lipinski definition) is 1. The first-order valence-electron chi connectivity index (χ1n) is 43.3. The normalized spacial score (nSPS) is 22.3. The van der Waals surface area contributed by atoms with E-state index in [1.165, 1.54) is 204 Å². The van der Waals surface area contributed by atoms with E-state index in [4.69, 9.17) is 0 Å². The van der Waals surface area contributed by atoms with Crippen LogP contribution in [0.3, 0.4) is 0 Å². The summed E-state index contributed by atoms with van der Waals surface area (Å²) in [6.45, 7) is 64.0. The van der Waals surface area contributed by atoms with E-state index in [0.717, 1.165) is 84.0 Å². The Hall–Kier alpha value is -4.98. The molecule has 598 valence electrons. The average Bonchev–Trinajstić information content (AvgIpc) is 0.843. The predicted octanol–water partition coefficient (Wildman–Crippen LogP) is 34.0. The lowest BCUT2D eigenvalue weighted by Crippen LogP contribution is -2.20. The summed E-state index contributed by atoms with van der Waals surface area (Å²) in [6, 6.07) is 8.12. The highest BCUT2D eigenvalue weighted by atomic mass is 16.3. The number of benzene rings is 1. The van der Waals surface area contributed by atoms with Crippen LogP contribution in [0.25, 0.3) is 0 Å². The molecule has 1 fully saturated rings. The van der Waals surface area contributed by atoms with Gasteiger partial charge in [-0.2, -0.15) is 0 Å². The van der Waals surface area contributed by atoms with E-state index >= 15 is 0 Å². The molecule has 1 nitrogen and oxygen atoms in total. The lowest BCUT2D eigenvalue weighted by Gasteiger charge is -2.31. The van der Waals surface area contributed by atoms with E-state index in [2.05, 4.69) is 296 Å². The second-order valence-electron chi connectivity index (χ2n) is 36.4. The third-order valence-electron chi connectivity index (χ3n) is 23.2. The van der Waals surface area contributed by atoms with Gasteiger partial charge in [0.25, 0.3) is 0 Å². The molecule has 0 spiro atoms. The van der Waals surface area contributed by atoms with Gasteiger partial charge < -0.3 is 5.11 Å². The fourth-order valence-electron chi connectivity index (χ4n) is 14.7. The van der Waals surface area contributed by atoms with Gasteiger partial charge in [0, 0.05) is 0 Å². The van der Waals surface area contributed by atoms with Gasteiger partial charge in [-0.3, -0.25) is 0 Å². The van der Waals surface area contributed by atoms with Gasteiger partial charge in [0.1, 0.15) is 0 Å². The van der Waals surface area contributed by atoms with Crippen LogP contribution < -0.4 is 0 Å². The molecule has 0 aromatic heterocycles. The van der Waals surface area contributed by atoms with Crippen molar-refractivity contribution >= 4 is 0 Å². The van der Waals surface area contributed by atoms with Crippen molar-refractivity contribution in [1.82, 2.24) is 0 Å². The van der Waals surface area contributed by atoms with Crippen LogP contribution in [0.2, 0.25) is 0 Å². The molecule has 0 amide bonds. The van der Waals surface area contributed by atoms with Crippen molar-refractivity contribution in [3.63, 3.8) is 0 Å². The van der Waals surface area contributed by atoms with Gasteiger partial charge >= 0.3 is 0 Å². The monoisotopic (exact) mass is 1450 g/mol. The molecule has 0 radical (unpaired) electrons. The van der Waals surface area contributed by atoms with Crippen molar-refractivity contribution in [2.45, 2.75) is 366 Å². The van der Waals surface area contributed by atoms with Crippen LogP contribution in [0.1, 0.15) is 365 Å². The second-order valence-corrected chi connectivity index (χ2v) is 36.4. The summed E-state index contributed by atoms with van der Waals surface area (Å²) in [7, 11) is 0. The molecule has 0 saturated heterocycles. The summed E-state index contributed by atoms with van der Waals surface area (Å²) >= 11 is 0. The molecule has 1 heteroatoms. The van der Waals surface area contributed by atoms with Crippen molar-refractivity contribution in [3.8, 4) is 0 Å². The van der Waals surface area contributed by atoms with Gasteiger partial charge in [0.15, 0.2) is 0 Å². The molecular weight excluding hydrogens is 1280 g/mol. The first-order chi connectivity index (χ1) is 50.0. The summed E-state index contributed by atoms with van der Waals surface area (Å²) in [4.78, 5) is 0. The summed E-state index contributed by atoms with van der Waals surface area (Å²) in [6.07, 6.45) is 76.6. The van der Waals surface area contributed by atoms with Gasteiger partial charge in [-0.15, -0.1) is 0 Å². The summed E-state index contributed by atoms with van der Waals surface area (Å²) < 4.78 is 0. The second kappa shape index (κ2) is 57.1. The highest BCUT2D eigenvalue weighted by Gasteiger charge is 2.24. The van der Waals surface area contributed by atoms with E-state index in [1.54, 1.807) is 27.9 Å². The first-order valence-corrected chi connectivity index (χ1v) is 43.3. The molecule has 1 aromatic carbocycles. The maximum atomic E-state index is 10.4. The molecule has 1 N–H and O–H groups in total. The maximum absolute atomic E-state index is 10.4. The fourth-order valence-corrected chi connectivity index (χ4v) is 14.7. The molecule has 6 aliphatic rings. The zero-order valence-corrected chi connectivity index (χ0v) is 74.9. The Morgan fingerprint density at radius 3 is 1.49 bits per heavy atom. The van der Waals surface area contributed by atoms with Crippen molar-refractivity contribution in [2.75, 3.05) is 0 Å². The molecule has 8 atom stereocenters. The Labute approximate surface area is 661 Å². The molecule has 106 heavy (non-hydrogen) atoms. The van der Waals surface area contributed by atoms with Crippen LogP contribution in [0.4, 0.5) is 0 Å². The van der Waals surface area contributed by atoms with Crippen LogP contribution in [0, 0.1) is 77.9 Å². The average molecular weight is 1450 g/mol. The molecular formula is C105H172O. The summed E-state index contributed by atoms with van der Waals surface area (Å²) in [5, 5.41) is 10.4. The zero-order valence-electron chi connectivity index (χ0n) is 74.9. The lowest BCUT2D eigenvalue weighted by atomic mass is 9.75. The van der Waals surface area contributed by atoms with Gasteiger partial charge in [-0.05, 0) is 349 Å². The van der Waals surface area contributed by atoms with Crippen molar-refractivity contribution < 1.29 is 5.11 Å². The lowest BCUT2D eigenvalue weighted by molar-refractivity contribution is 0.0487. The number of aliphatic hydroxyl groups is 1. The number of aryl methyl sites for hydroxylation is 1. The van der Waals surface area contributed by atoms with E-state index in [1.807, 2.05) is 31.2 Å². The maximum Gasteiger partial charge on any atom is 0.0871 e. The zero-order chi connectivity index (χ0) is 79.7. The van der Waals surface area contributed by atoms with Crippen molar-refractivity contribution in [1.29, 1.82) is 0 Å². The molecule has 1 saturated carbocycles. The Bertz CT molecular complexity index is 3030. The number of rotatable bonds is 27. The smallest absolute Gasteiger partial charge is 0.0871 e. The van der Waals surface area contributed by atoms with Gasteiger partial charge in [-0.1, -0.05) is 306 Å². The van der Waals surface area contributed by atoms with E-state index in [9.17, 15) is 5.11 Å². The summed E-state index contributed by atoms with van der Waals surface area (Å²) in [5.74, 6) is 9.95. The van der Waals surface area contributed by atoms with Gasteiger partial charge in [-0.25, -0.2) is 0 Å². The standard InChI is InChI=1S/C15H22O.C15H30.5C15H24/c1-12(2)6-5-11-15(4,16)14-9-7-13(3)8-10-14;6*1-12(2)6-5-7-14(4)15-10-8-13(3)9-11-15/h6-10,16H,5,11H2,1-4H3;12-15H,5-11H2,1-4H3;6,8H,5,7,9-11H2,1-4H3;6,8-10,14-15H,5,7,11H2,1-4H3;6,8-11,13-15H,5,7H2,1-4H3;6-8,15H,5,9-11H2,1-4H3;6,8,10,14-15H,3,5,7,9,11H2,1-2,4H3/b;;15-14-;;;14-7+;/t;;;14-,15+;;;/m...0.../s1. The molecule has 7 rings (SSSR count). The Kier molecular flexibility index (Phi) is 53.4. The highest BCUT2D eigenvalue weighted by Crippen LogP contribution is 2.37. The molecule has 0 heterocycles. The Balaban J connectivity index is 0.000000618. The minimum absolute atomic E-state index is 0.631. The number of hydrogen-bond acceptors (Lipinski definition) is 1. The minimum Gasteiger partial charge on any atom is -0.385 e. The molecule has 1 aromatic rings. The third kappa shape index (κ3) is 49.9. The molecule has 0 aliphatic heterocycles. The number of allylic oxidation sites excluding steroid dienone is 31. The van der Waals surface area contributed by atoms with E-state index in [-0.39, 0.29) is 0 Å². The van der Waals surface area contributed by atoms with E-state index in [0.29, 0.717) is 11.8 Å². The van der Waals surface area contributed by atoms with Crippen molar-refractivity contribution in [3.05, 3.63) is 224 Å². The van der Waals surface area contributed by atoms with Crippen LogP contribution in [-0.2, 0) is 5.60 Å². The molecule has 6 aliphatic carbocycles. The largest absolute Gasteiger partial charge is 0.385 e. The minimum atomic E-state index is -0.723. The highest BCUT2D eigenvalue weighted by molar-refractivity contribution is 5.27. The Morgan fingerprint density at radius 1 is 0.491 bits per heavy atom. The van der Waals surface area contributed by atoms with Crippen molar-refractivity contribution in [2.24, 2.45) is 71.0 Å². The van der Waals surface area contributed by atoms with Gasteiger partial charge in [0.05, 0.1) is 5.60 Å². The quantitative estimate of drug-likeness (QED) is 0.0871. The molecule has 6 unspecified atom stereocenters. The first kappa shape index (κ1) is 99.0. The fraction of sp³-hybridized carbons (Fsp3) is 0.638. The van der Waals surface area contributed by atoms with Crippen LogP contribution in [0.5, 0.6) is 0 Å². The van der Waals surface area contributed by atoms with Gasteiger partial charge in [0.2, 0.25) is 0 Å². The Morgan fingerprint density at radius 2 is 1.01 bits per heavy atom. The third-order valence-corrected chi connectivity index (χ3v) is 23.2. The summed E-state index contributed by atoms with van der Waals surface area (Å²) in [5.41, 5.74) is 20.7. The van der Waals surface area contributed by atoms with Crippen LogP contribution >= 0.6 is 0 Å². The molecule has 0 bridgehead atoms.